The number of fused-ring (bicyclic) bond motifs is 1. The van der Waals surface area contributed by atoms with E-state index in [1.165, 1.54) is 11.1 Å². The van der Waals surface area contributed by atoms with Crippen molar-refractivity contribution in [1.29, 1.82) is 0 Å². The first kappa shape index (κ1) is 16.0. The summed E-state index contributed by atoms with van der Waals surface area (Å²) in [6.07, 6.45) is 6.68. The Bertz CT molecular complexity index is 600. The Morgan fingerprint density at radius 1 is 1.04 bits per heavy atom. The molecule has 1 aromatic carbocycles. The zero-order chi connectivity index (χ0) is 16.2. The van der Waals surface area contributed by atoms with Crippen LogP contribution in [0.1, 0.15) is 43.2 Å². The van der Waals surface area contributed by atoms with Gasteiger partial charge in [-0.15, -0.1) is 0 Å². The highest BCUT2D eigenvalue weighted by Crippen LogP contribution is 2.25. The zero-order valence-electron chi connectivity index (χ0n) is 13.3. The smallest absolute Gasteiger partial charge is 0.313 e. The van der Waals surface area contributed by atoms with Crippen molar-refractivity contribution in [2.24, 2.45) is 5.92 Å². The quantitative estimate of drug-likeness (QED) is 0.744. The summed E-state index contributed by atoms with van der Waals surface area (Å²) in [5.41, 5.74) is 3.26. The van der Waals surface area contributed by atoms with Gasteiger partial charge in [0.1, 0.15) is 0 Å². The van der Waals surface area contributed by atoms with Gasteiger partial charge in [-0.3, -0.25) is 9.59 Å². The van der Waals surface area contributed by atoms with Gasteiger partial charge in [-0.25, -0.2) is 0 Å². The van der Waals surface area contributed by atoms with E-state index in [4.69, 9.17) is 0 Å². The number of nitrogens with one attached hydrogen (secondary N) is 2. The molecule has 3 N–H and O–H groups in total. The van der Waals surface area contributed by atoms with Gasteiger partial charge in [-0.2, -0.15) is 0 Å². The average molecular weight is 316 g/mol. The summed E-state index contributed by atoms with van der Waals surface area (Å²) < 4.78 is 0. The first-order valence-corrected chi connectivity index (χ1v) is 8.52. The van der Waals surface area contributed by atoms with Gasteiger partial charge in [0.05, 0.1) is 6.10 Å². The van der Waals surface area contributed by atoms with Crippen molar-refractivity contribution in [3.05, 3.63) is 29.3 Å². The third-order valence-corrected chi connectivity index (χ3v) is 4.96. The largest absolute Gasteiger partial charge is 0.393 e. The monoisotopic (exact) mass is 316 g/mol. The molecule has 0 radical (unpaired) electrons. The van der Waals surface area contributed by atoms with E-state index in [9.17, 15) is 14.7 Å². The molecule has 0 spiro atoms. The Kier molecular flexibility index (Phi) is 4.96. The summed E-state index contributed by atoms with van der Waals surface area (Å²) in [6.45, 7) is 0.359. The highest BCUT2D eigenvalue weighted by atomic mass is 16.3. The molecule has 0 aromatic heterocycles. The van der Waals surface area contributed by atoms with Crippen molar-refractivity contribution >= 4 is 17.5 Å². The fourth-order valence-electron chi connectivity index (χ4n) is 3.57. The van der Waals surface area contributed by atoms with E-state index in [1.807, 2.05) is 18.2 Å². The molecule has 2 aliphatic carbocycles. The van der Waals surface area contributed by atoms with Crippen molar-refractivity contribution < 1.29 is 14.7 Å². The van der Waals surface area contributed by atoms with Gasteiger partial charge in [-0.1, -0.05) is 18.9 Å². The third-order valence-electron chi connectivity index (χ3n) is 4.96. The second-order valence-corrected chi connectivity index (χ2v) is 6.61. The number of rotatable bonds is 3. The summed E-state index contributed by atoms with van der Waals surface area (Å²) in [7, 11) is 0. The number of carbonyl (C=O) groups excluding carboxylic acids is 2. The van der Waals surface area contributed by atoms with Crippen LogP contribution in [0.25, 0.3) is 0 Å². The van der Waals surface area contributed by atoms with E-state index in [2.05, 4.69) is 10.6 Å². The van der Waals surface area contributed by atoms with Crippen molar-refractivity contribution in [3.63, 3.8) is 0 Å². The summed E-state index contributed by atoms with van der Waals surface area (Å²) in [4.78, 5) is 23.9. The number of aliphatic hydroxyl groups excluding tert-OH is 1. The Balaban J connectivity index is 1.50. The van der Waals surface area contributed by atoms with E-state index in [0.29, 0.717) is 12.2 Å². The lowest BCUT2D eigenvalue weighted by Crippen LogP contribution is -2.41. The van der Waals surface area contributed by atoms with Crippen LogP contribution in [-0.4, -0.2) is 29.6 Å². The number of aliphatic hydroxyl groups is 1. The van der Waals surface area contributed by atoms with Crippen molar-refractivity contribution in [2.45, 2.75) is 51.0 Å². The van der Waals surface area contributed by atoms with Crippen LogP contribution >= 0.6 is 0 Å². The summed E-state index contributed by atoms with van der Waals surface area (Å²) >= 11 is 0. The molecule has 2 aliphatic rings. The lowest BCUT2D eigenvalue weighted by molar-refractivity contribution is -0.136. The Labute approximate surface area is 136 Å². The average Bonchev–Trinajstić information content (AvgIpc) is 3.01. The van der Waals surface area contributed by atoms with Crippen LogP contribution in [0.5, 0.6) is 0 Å². The van der Waals surface area contributed by atoms with Gasteiger partial charge < -0.3 is 15.7 Å². The highest BCUT2D eigenvalue weighted by Gasteiger charge is 2.24. The van der Waals surface area contributed by atoms with E-state index in [1.54, 1.807) is 0 Å². The van der Waals surface area contributed by atoms with Crippen LogP contribution in [0.4, 0.5) is 5.69 Å². The molecule has 2 amide bonds. The second kappa shape index (κ2) is 7.13. The fraction of sp³-hybridized carbons (Fsp3) is 0.556. The minimum Gasteiger partial charge on any atom is -0.393 e. The van der Waals surface area contributed by atoms with Crippen LogP contribution in [0, 0.1) is 5.92 Å². The molecule has 23 heavy (non-hydrogen) atoms. The molecule has 124 valence electrons. The molecule has 5 nitrogen and oxygen atoms in total. The van der Waals surface area contributed by atoms with E-state index < -0.39 is 11.8 Å². The third kappa shape index (κ3) is 3.91. The van der Waals surface area contributed by atoms with Crippen molar-refractivity contribution in [3.8, 4) is 0 Å². The number of hydrogen-bond acceptors (Lipinski definition) is 3. The minimum atomic E-state index is -0.645. The lowest BCUT2D eigenvalue weighted by atomic mass is 9.86. The lowest BCUT2D eigenvalue weighted by Gasteiger charge is -2.27. The predicted molar refractivity (Wildman–Crippen MR) is 88.1 cm³/mol. The number of benzene rings is 1. The molecule has 0 aliphatic heterocycles. The molecule has 5 heteroatoms. The van der Waals surface area contributed by atoms with Crippen molar-refractivity contribution in [2.75, 3.05) is 11.9 Å². The molecule has 0 saturated heterocycles. The van der Waals surface area contributed by atoms with Gasteiger partial charge in [0.2, 0.25) is 0 Å². The Morgan fingerprint density at radius 2 is 1.83 bits per heavy atom. The van der Waals surface area contributed by atoms with E-state index in [-0.39, 0.29) is 12.0 Å². The molecule has 1 aromatic rings. The fourth-order valence-corrected chi connectivity index (χ4v) is 3.57. The zero-order valence-corrected chi connectivity index (χ0v) is 13.3. The molecule has 0 bridgehead atoms. The molecular formula is C18H24N2O3. The van der Waals surface area contributed by atoms with E-state index in [0.717, 1.165) is 44.9 Å². The summed E-state index contributed by atoms with van der Waals surface area (Å²) in [5.74, 6) is -1.22. The van der Waals surface area contributed by atoms with Crippen LogP contribution in [0.15, 0.2) is 18.2 Å². The molecule has 0 heterocycles. The molecular weight excluding hydrogens is 292 g/mol. The molecule has 1 saturated carbocycles. The number of aryl methyl sites for hydroxylation is 2. The highest BCUT2D eigenvalue weighted by molar-refractivity contribution is 6.39. The minimum absolute atomic E-state index is 0.0560. The predicted octanol–water partition coefficient (Wildman–Crippen LogP) is 1.78. The Hall–Kier alpha value is -1.88. The maximum atomic E-state index is 12.0. The van der Waals surface area contributed by atoms with Crippen LogP contribution in [-0.2, 0) is 22.4 Å². The van der Waals surface area contributed by atoms with Gasteiger partial charge >= 0.3 is 11.8 Å². The SMILES string of the molecule is O=C(NC[C@H]1CCCC[C@H]1O)C(=O)Nc1ccc2c(c1)CCC2. The molecule has 1 fully saturated rings. The van der Waals surface area contributed by atoms with Gasteiger partial charge in [0, 0.05) is 18.2 Å². The first-order valence-electron chi connectivity index (χ1n) is 8.52. The maximum absolute atomic E-state index is 12.0. The number of anilines is 1. The van der Waals surface area contributed by atoms with Crippen LogP contribution in [0.2, 0.25) is 0 Å². The number of amides is 2. The topological polar surface area (TPSA) is 78.4 Å². The summed E-state index contributed by atoms with van der Waals surface area (Å²) in [5, 5.41) is 15.2. The number of carbonyl (C=O) groups is 2. The maximum Gasteiger partial charge on any atom is 0.313 e. The van der Waals surface area contributed by atoms with Crippen LogP contribution < -0.4 is 10.6 Å². The number of hydrogen-bond donors (Lipinski definition) is 3. The standard InChI is InChI=1S/C18H24N2O3/c21-16-7-2-1-4-14(16)11-19-17(22)18(23)20-15-9-8-12-5-3-6-13(12)10-15/h8-10,14,16,21H,1-7,11H2,(H,19,22)(H,20,23)/t14-,16-/m1/s1. The molecule has 3 rings (SSSR count). The molecule has 0 unspecified atom stereocenters. The van der Waals surface area contributed by atoms with Gasteiger partial charge in [-0.05, 0) is 55.4 Å². The second-order valence-electron chi connectivity index (χ2n) is 6.61. The van der Waals surface area contributed by atoms with Gasteiger partial charge in [0.15, 0.2) is 0 Å². The normalized spacial score (nSPS) is 23.2. The van der Waals surface area contributed by atoms with E-state index >= 15 is 0 Å². The molecule has 2 atom stereocenters. The Morgan fingerprint density at radius 3 is 2.65 bits per heavy atom. The summed E-state index contributed by atoms with van der Waals surface area (Å²) in [6, 6.07) is 5.83. The van der Waals surface area contributed by atoms with Crippen molar-refractivity contribution in [1.82, 2.24) is 5.32 Å². The van der Waals surface area contributed by atoms with Gasteiger partial charge in [0.25, 0.3) is 0 Å². The van der Waals surface area contributed by atoms with Crippen LogP contribution in [0.3, 0.4) is 0 Å². The first-order chi connectivity index (χ1) is 11.1.